The van der Waals surface area contributed by atoms with Gasteiger partial charge in [0.25, 0.3) is 0 Å². The molecule has 0 aliphatic carbocycles. The summed E-state index contributed by atoms with van der Waals surface area (Å²) >= 11 is 0. The van der Waals surface area contributed by atoms with Crippen LogP contribution in [-0.2, 0) is 0 Å². The summed E-state index contributed by atoms with van der Waals surface area (Å²) < 4.78 is 0. The standard InChI is InChI=1S/C12H22N4/c1-10(2)16(3)8-4-7-14-11-5-6-12(13)15-9-11/h5-6,9-10,14H,4,7-8H2,1-3H3,(H2,13,15). The first-order valence-electron chi connectivity index (χ1n) is 5.75. The highest BCUT2D eigenvalue weighted by Gasteiger charge is 2.01. The minimum Gasteiger partial charge on any atom is -0.384 e. The molecule has 1 heterocycles. The number of rotatable bonds is 6. The highest BCUT2D eigenvalue weighted by atomic mass is 15.1. The van der Waals surface area contributed by atoms with Gasteiger partial charge < -0.3 is 16.0 Å². The number of hydrogen-bond donors (Lipinski definition) is 2. The molecule has 16 heavy (non-hydrogen) atoms. The lowest BCUT2D eigenvalue weighted by Gasteiger charge is -2.20. The van der Waals surface area contributed by atoms with Gasteiger partial charge in [0.1, 0.15) is 5.82 Å². The lowest BCUT2D eigenvalue weighted by atomic mass is 10.3. The molecule has 0 amide bonds. The Morgan fingerprint density at radius 2 is 2.19 bits per heavy atom. The zero-order valence-corrected chi connectivity index (χ0v) is 10.4. The zero-order valence-electron chi connectivity index (χ0n) is 10.4. The smallest absolute Gasteiger partial charge is 0.123 e. The van der Waals surface area contributed by atoms with Gasteiger partial charge in [-0.25, -0.2) is 4.98 Å². The fraction of sp³-hybridized carbons (Fsp3) is 0.583. The molecule has 1 aromatic rings. The fourth-order valence-electron chi connectivity index (χ4n) is 1.33. The highest BCUT2D eigenvalue weighted by Crippen LogP contribution is 2.06. The maximum atomic E-state index is 5.51. The molecule has 3 N–H and O–H groups in total. The first-order valence-corrected chi connectivity index (χ1v) is 5.75. The molecule has 0 aliphatic heterocycles. The van der Waals surface area contributed by atoms with Gasteiger partial charge >= 0.3 is 0 Å². The second-order valence-corrected chi connectivity index (χ2v) is 4.33. The minimum absolute atomic E-state index is 0.560. The Labute approximate surface area is 97.9 Å². The van der Waals surface area contributed by atoms with Gasteiger partial charge in [-0.1, -0.05) is 0 Å². The number of nitrogens with two attached hydrogens (primary N) is 1. The normalized spacial score (nSPS) is 11.1. The van der Waals surface area contributed by atoms with Crippen molar-refractivity contribution in [2.75, 3.05) is 31.2 Å². The summed E-state index contributed by atoms with van der Waals surface area (Å²) in [6.07, 6.45) is 2.89. The molecule has 1 aromatic heterocycles. The van der Waals surface area contributed by atoms with E-state index in [1.807, 2.05) is 12.1 Å². The van der Waals surface area contributed by atoms with E-state index in [2.05, 4.69) is 36.1 Å². The number of nitrogens with one attached hydrogen (secondary N) is 1. The Kier molecular flexibility index (Phi) is 5.05. The van der Waals surface area contributed by atoms with Gasteiger partial charge in [0, 0.05) is 12.6 Å². The summed E-state index contributed by atoms with van der Waals surface area (Å²) in [5, 5.41) is 3.32. The Bertz CT molecular complexity index is 294. The predicted octanol–water partition coefficient (Wildman–Crippen LogP) is 1.81. The monoisotopic (exact) mass is 222 g/mol. The van der Waals surface area contributed by atoms with Crippen molar-refractivity contribution >= 4 is 11.5 Å². The number of nitrogens with zero attached hydrogens (tertiary/aromatic N) is 2. The van der Waals surface area contributed by atoms with Gasteiger partial charge in [0.15, 0.2) is 0 Å². The van der Waals surface area contributed by atoms with Crippen LogP contribution in [0, 0.1) is 0 Å². The molecule has 0 spiro atoms. The minimum atomic E-state index is 0.560. The second kappa shape index (κ2) is 6.33. The lowest BCUT2D eigenvalue weighted by molar-refractivity contribution is 0.273. The summed E-state index contributed by atoms with van der Waals surface area (Å²) in [4.78, 5) is 6.36. The summed E-state index contributed by atoms with van der Waals surface area (Å²) in [6, 6.07) is 4.37. The maximum absolute atomic E-state index is 5.51. The SMILES string of the molecule is CC(C)N(C)CCCNc1ccc(N)nc1. The van der Waals surface area contributed by atoms with Crippen LogP contribution in [0.5, 0.6) is 0 Å². The third-order valence-corrected chi connectivity index (χ3v) is 2.68. The van der Waals surface area contributed by atoms with Crippen molar-refractivity contribution in [3.8, 4) is 0 Å². The van der Waals surface area contributed by atoms with Crippen molar-refractivity contribution in [1.82, 2.24) is 9.88 Å². The average Bonchev–Trinajstić information content (AvgIpc) is 2.26. The van der Waals surface area contributed by atoms with Crippen molar-refractivity contribution in [2.24, 2.45) is 0 Å². The molecule has 0 fully saturated rings. The summed E-state index contributed by atoms with van der Waals surface area (Å²) in [7, 11) is 2.15. The van der Waals surface area contributed by atoms with Gasteiger partial charge in [-0.2, -0.15) is 0 Å². The molecular weight excluding hydrogens is 200 g/mol. The Morgan fingerprint density at radius 1 is 1.44 bits per heavy atom. The van der Waals surface area contributed by atoms with E-state index in [-0.39, 0.29) is 0 Å². The van der Waals surface area contributed by atoms with Gasteiger partial charge in [0.2, 0.25) is 0 Å². The first-order chi connectivity index (χ1) is 7.59. The van der Waals surface area contributed by atoms with Gasteiger partial charge in [-0.15, -0.1) is 0 Å². The third-order valence-electron chi connectivity index (χ3n) is 2.68. The first kappa shape index (κ1) is 12.8. The Balaban J connectivity index is 2.18. The predicted molar refractivity (Wildman–Crippen MR) is 69.5 cm³/mol. The average molecular weight is 222 g/mol. The fourth-order valence-corrected chi connectivity index (χ4v) is 1.33. The molecular formula is C12H22N4. The molecule has 0 radical (unpaired) electrons. The van der Waals surface area contributed by atoms with E-state index in [1.54, 1.807) is 6.20 Å². The van der Waals surface area contributed by atoms with Crippen LogP contribution in [0.3, 0.4) is 0 Å². The van der Waals surface area contributed by atoms with Crippen LogP contribution in [-0.4, -0.2) is 36.1 Å². The van der Waals surface area contributed by atoms with Crippen LogP contribution < -0.4 is 11.1 Å². The Hall–Kier alpha value is -1.29. The maximum Gasteiger partial charge on any atom is 0.123 e. The Morgan fingerprint density at radius 3 is 2.75 bits per heavy atom. The lowest BCUT2D eigenvalue weighted by Crippen LogP contribution is -2.28. The van der Waals surface area contributed by atoms with Crippen molar-refractivity contribution < 1.29 is 0 Å². The third kappa shape index (κ3) is 4.49. The van der Waals surface area contributed by atoms with Crippen LogP contribution >= 0.6 is 0 Å². The summed E-state index contributed by atoms with van der Waals surface area (Å²) in [6.45, 7) is 6.48. The number of nitrogen functional groups attached to an aromatic ring is 1. The molecule has 4 heteroatoms. The van der Waals surface area contributed by atoms with Crippen LogP contribution in [0.1, 0.15) is 20.3 Å². The molecule has 0 atom stereocenters. The van der Waals surface area contributed by atoms with E-state index in [1.165, 1.54) is 0 Å². The number of anilines is 2. The van der Waals surface area contributed by atoms with Crippen LogP contribution in [0.15, 0.2) is 18.3 Å². The van der Waals surface area contributed by atoms with E-state index in [0.29, 0.717) is 11.9 Å². The zero-order chi connectivity index (χ0) is 12.0. The summed E-state index contributed by atoms with van der Waals surface area (Å²) in [5.74, 6) is 0.560. The number of pyridine rings is 1. The number of aromatic nitrogens is 1. The van der Waals surface area contributed by atoms with Crippen molar-refractivity contribution in [3.63, 3.8) is 0 Å². The molecule has 0 unspecified atom stereocenters. The second-order valence-electron chi connectivity index (χ2n) is 4.33. The molecule has 4 nitrogen and oxygen atoms in total. The molecule has 0 bridgehead atoms. The molecule has 0 aliphatic rings. The molecule has 0 aromatic carbocycles. The largest absolute Gasteiger partial charge is 0.384 e. The van der Waals surface area contributed by atoms with Gasteiger partial charge in [0.05, 0.1) is 11.9 Å². The van der Waals surface area contributed by atoms with Crippen molar-refractivity contribution in [2.45, 2.75) is 26.3 Å². The van der Waals surface area contributed by atoms with E-state index in [9.17, 15) is 0 Å². The van der Waals surface area contributed by atoms with Crippen LogP contribution in [0.25, 0.3) is 0 Å². The number of hydrogen-bond acceptors (Lipinski definition) is 4. The van der Waals surface area contributed by atoms with Crippen LogP contribution in [0.4, 0.5) is 11.5 Å². The quantitative estimate of drug-likeness (QED) is 0.721. The molecule has 1 rings (SSSR count). The van der Waals surface area contributed by atoms with E-state index >= 15 is 0 Å². The van der Waals surface area contributed by atoms with Gasteiger partial charge in [-0.05, 0) is 46.0 Å². The van der Waals surface area contributed by atoms with E-state index in [0.717, 1.165) is 25.2 Å². The molecule has 0 saturated heterocycles. The topological polar surface area (TPSA) is 54.2 Å². The summed E-state index contributed by atoms with van der Waals surface area (Å²) in [5.41, 5.74) is 6.54. The highest BCUT2D eigenvalue weighted by molar-refractivity contribution is 5.45. The van der Waals surface area contributed by atoms with E-state index < -0.39 is 0 Å². The van der Waals surface area contributed by atoms with Crippen molar-refractivity contribution in [3.05, 3.63) is 18.3 Å². The molecule has 90 valence electrons. The van der Waals surface area contributed by atoms with Crippen LogP contribution in [0.2, 0.25) is 0 Å². The molecule has 0 saturated carbocycles. The van der Waals surface area contributed by atoms with Crippen molar-refractivity contribution in [1.29, 1.82) is 0 Å². The van der Waals surface area contributed by atoms with Gasteiger partial charge in [-0.3, -0.25) is 0 Å². The van der Waals surface area contributed by atoms with E-state index in [4.69, 9.17) is 5.73 Å².